The summed E-state index contributed by atoms with van der Waals surface area (Å²) >= 11 is 3.21. The number of nitrogens with zero attached hydrogens (tertiary/aromatic N) is 1. The number of rotatable bonds is 2. The van der Waals surface area contributed by atoms with Crippen molar-refractivity contribution >= 4 is 15.9 Å². The van der Waals surface area contributed by atoms with Gasteiger partial charge < -0.3 is 0 Å². The summed E-state index contributed by atoms with van der Waals surface area (Å²) in [5, 5.41) is 9.05. The molecule has 0 saturated carbocycles. The van der Waals surface area contributed by atoms with Crippen LogP contribution in [-0.4, -0.2) is 5.33 Å². The van der Waals surface area contributed by atoms with Crippen molar-refractivity contribution in [3.8, 4) is 6.07 Å². The average Bonchev–Trinajstić information content (AvgIpc) is 1.72. The molecular formula is C5H8BrN. The Morgan fingerprint density at radius 3 is 2.43 bits per heavy atom. The Bertz CT molecular complexity index is 70.6. The van der Waals surface area contributed by atoms with Crippen molar-refractivity contribution in [1.82, 2.24) is 0 Å². The molecule has 0 aliphatic rings. The summed E-state index contributed by atoms with van der Waals surface area (Å²) in [5.74, 6) is 0.208. The Morgan fingerprint density at radius 1 is 1.86 bits per heavy atom. The summed E-state index contributed by atoms with van der Waals surface area (Å²) in [7, 11) is 0. The van der Waals surface area contributed by atoms with Crippen LogP contribution in [0.1, 0.15) is 13.3 Å². The van der Waals surface area contributed by atoms with Gasteiger partial charge in [0.15, 0.2) is 0 Å². The second-order valence-electron chi connectivity index (χ2n) is 1.39. The first-order valence-corrected chi connectivity index (χ1v) is 3.42. The fourth-order valence-corrected chi connectivity index (χ4v) is 0.838. The van der Waals surface area contributed by atoms with Gasteiger partial charge in [-0.25, -0.2) is 0 Å². The predicted molar refractivity (Wildman–Crippen MR) is 33.2 cm³/mol. The number of nitriles is 1. The minimum atomic E-state index is 0.208. The molecule has 0 heterocycles. The van der Waals surface area contributed by atoms with Gasteiger partial charge in [0.25, 0.3) is 0 Å². The molecule has 0 spiro atoms. The highest BCUT2D eigenvalue weighted by atomic mass is 79.9. The van der Waals surface area contributed by atoms with Crippen LogP contribution in [0.4, 0.5) is 0 Å². The van der Waals surface area contributed by atoms with E-state index in [4.69, 9.17) is 5.26 Å². The molecule has 0 amide bonds. The summed E-state index contributed by atoms with van der Waals surface area (Å²) in [6.07, 6.45) is 0.946. The molecule has 1 nitrogen and oxygen atoms in total. The maximum Gasteiger partial charge on any atom is 0.0664 e. The maximum atomic E-state index is 8.25. The first-order chi connectivity index (χ1) is 3.35. The van der Waals surface area contributed by atoms with E-state index in [1.807, 2.05) is 6.92 Å². The van der Waals surface area contributed by atoms with E-state index < -0.39 is 0 Å². The quantitative estimate of drug-likeness (QED) is 0.569. The van der Waals surface area contributed by atoms with Crippen LogP contribution in [0.2, 0.25) is 0 Å². The lowest BCUT2D eigenvalue weighted by Gasteiger charge is -1.94. The Kier molecular flexibility index (Phi) is 4.12. The van der Waals surface area contributed by atoms with Crippen LogP contribution < -0.4 is 0 Å². The molecule has 0 N–H and O–H groups in total. The predicted octanol–water partition coefficient (Wildman–Crippen LogP) is 1.93. The van der Waals surface area contributed by atoms with Gasteiger partial charge in [0.1, 0.15) is 0 Å². The van der Waals surface area contributed by atoms with E-state index in [2.05, 4.69) is 22.0 Å². The minimum Gasteiger partial charge on any atom is -0.198 e. The van der Waals surface area contributed by atoms with Crippen molar-refractivity contribution in [2.24, 2.45) is 5.92 Å². The molecule has 7 heavy (non-hydrogen) atoms. The summed E-state index contributed by atoms with van der Waals surface area (Å²) in [5.41, 5.74) is 0. The molecule has 1 atom stereocenters. The lowest BCUT2D eigenvalue weighted by atomic mass is 10.2. The molecular weight excluding hydrogens is 154 g/mol. The van der Waals surface area contributed by atoms with Gasteiger partial charge in [0.05, 0.1) is 12.0 Å². The largest absolute Gasteiger partial charge is 0.198 e. The van der Waals surface area contributed by atoms with Gasteiger partial charge in [0, 0.05) is 5.33 Å². The van der Waals surface area contributed by atoms with Crippen LogP contribution in [-0.2, 0) is 0 Å². The summed E-state index contributed by atoms with van der Waals surface area (Å²) < 4.78 is 0. The second kappa shape index (κ2) is 4.14. The monoisotopic (exact) mass is 161 g/mol. The summed E-state index contributed by atoms with van der Waals surface area (Å²) in [4.78, 5) is 0. The lowest BCUT2D eigenvalue weighted by Crippen LogP contribution is -1.93. The van der Waals surface area contributed by atoms with Crippen LogP contribution >= 0.6 is 15.9 Å². The molecule has 40 valence electrons. The topological polar surface area (TPSA) is 23.8 Å². The van der Waals surface area contributed by atoms with E-state index in [9.17, 15) is 0 Å². The van der Waals surface area contributed by atoms with E-state index in [1.54, 1.807) is 0 Å². The molecule has 1 unspecified atom stereocenters. The van der Waals surface area contributed by atoms with Crippen LogP contribution in [0.25, 0.3) is 0 Å². The second-order valence-corrected chi connectivity index (χ2v) is 2.04. The normalized spacial score (nSPS) is 12.7. The summed E-state index contributed by atoms with van der Waals surface area (Å²) in [6.45, 7) is 2.01. The van der Waals surface area contributed by atoms with E-state index in [0.29, 0.717) is 0 Å². The Labute approximate surface area is 52.5 Å². The van der Waals surface area contributed by atoms with Crippen molar-refractivity contribution in [2.45, 2.75) is 13.3 Å². The molecule has 0 fully saturated rings. The fraction of sp³-hybridized carbons (Fsp3) is 0.800. The highest BCUT2D eigenvalue weighted by molar-refractivity contribution is 9.09. The molecule has 0 aromatic rings. The van der Waals surface area contributed by atoms with E-state index in [-0.39, 0.29) is 5.92 Å². The zero-order chi connectivity index (χ0) is 5.70. The van der Waals surface area contributed by atoms with Crippen molar-refractivity contribution in [1.29, 1.82) is 5.26 Å². The Balaban J connectivity index is 3.23. The van der Waals surface area contributed by atoms with Crippen molar-refractivity contribution < 1.29 is 0 Å². The fourth-order valence-electron chi connectivity index (χ4n) is 0.235. The minimum absolute atomic E-state index is 0.208. The molecule has 0 rings (SSSR count). The highest BCUT2D eigenvalue weighted by Gasteiger charge is 1.97. The molecule has 0 aliphatic heterocycles. The average molecular weight is 162 g/mol. The number of halogens is 1. The Hall–Kier alpha value is -0.0300. The molecule has 0 aromatic heterocycles. The van der Waals surface area contributed by atoms with Crippen LogP contribution in [0.3, 0.4) is 0 Å². The lowest BCUT2D eigenvalue weighted by molar-refractivity contribution is 0.729. The van der Waals surface area contributed by atoms with Gasteiger partial charge in [0.2, 0.25) is 0 Å². The standard InChI is InChI=1S/C5H8BrN/c1-2-5(3-6)4-7/h5H,2-3H2,1H3. The summed E-state index contributed by atoms with van der Waals surface area (Å²) in [6, 6.07) is 2.15. The van der Waals surface area contributed by atoms with Crippen LogP contribution in [0.15, 0.2) is 0 Å². The van der Waals surface area contributed by atoms with Gasteiger partial charge in [-0.05, 0) is 6.42 Å². The number of hydrogen-bond acceptors (Lipinski definition) is 1. The van der Waals surface area contributed by atoms with Crippen LogP contribution in [0, 0.1) is 17.2 Å². The van der Waals surface area contributed by atoms with Crippen molar-refractivity contribution in [2.75, 3.05) is 5.33 Å². The maximum absolute atomic E-state index is 8.25. The van der Waals surface area contributed by atoms with Crippen molar-refractivity contribution in [3.05, 3.63) is 0 Å². The van der Waals surface area contributed by atoms with E-state index in [1.165, 1.54) is 0 Å². The molecule has 2 heteroatoms. The van der Waals surface area contributed by atoms with Gasteiger partial charge in [-0.1, -0.05) is 22.9 Å². The zero-order valence-corrected chi connectivity index (χ0v) is 5.90. The number of alkyl halides is 1. The van der Waals surface area contributed by atoms with Gasteiger partial charge >= 0.3 is 0 Å². The highest BCUT2D eigenvalue weighted by Crippen LogP contribution is 2.02. The number of hydrogen-bond donors (Lipinski definition) is 0. The smallest absolute Gasteiger partial charge is 0.0664 e. The van der Waals surface area contributed by atoms with Gasteiger partial charge in [-0.3, -0.25) is 0 Å². The SMILES string of the molecule is CCC(C#N)CBr. The van der Waals surface area contributed by atoms with E-state index >= 15 is 0 Å². The third-order valence-corrected chi connectivity index (χ3v) is 1.64. The van der Waals surface area contributed by atoms with E-state index in [0.717, 1.165) is 11.8 Å². The Morgan fingerprint density at radius 2 is 2.43 bits per heavy atom. The molecule has 0 saturated heterocycles. The van der Waals surface area contributed by atoms with Gasteiger partial charge in [-0.15, -0.1) is 0 Å². The third kappa shape index (κ3) is 2.64. The van der Waals surface area contributed by atoms with Crippen LogP contribution in [0.5, 0.6) is 0 Å². The molecule has 0 aliphatic carbocycles. The first kappa shape index (κ1) is 6.97. The molecule has 0 radical (unpaired) electrons. The third-order valence-electron chi connectivity index (χ3n) is 0.862. The van der Waals surface area contributed by atoms with Crippen molar-refractivity contribution in [3.63, 3.8) is 0 Å². The molecule has 0 bridgehead atoms. The zero-order valence-electron chi connectivity index (χ0n) is 4.32. The first-order valence-electron chi connectivity index (χ1n) is 2.30. The van der Waals surface area contributed by atoms with Gasteiger partial charge in [-0.2, -0.15) is 5.26 Å². The molecule has 0 aromatic carbocycles.